The molecule has 2 N–H and O–H groups in total. The summed E-state index contributed by atoms with van der Waals surface area (Å²) in [6, 6.07) is 5.71. The van der Waals surface area contributed by atoms with Crippen LogP contribution in [-0.4, -0.2) is 23.4 Å². The first kappa shape index (κ1) is 17.7. The summed E-state index contributed by atoms with van der Waals surface area (Å²) in [5.41, 5.74) is 6.78. The third-order valence-corrected chi connectivity index (χ3v) is 4.48. The van der Waals surface area contributed by atoms with Gasteiger partial charge >= 0.3 is 0 Å². The van der Waals surface area contributed by atoms with Crippen LogP contribution in [0, 0.1) is 0 Å². The molecule has 136 valence electrons. The minimum absolute atomic E-state index is 0.451. The number of benzene rings is 1. The molecule has 0 saturated heterocycles. The van der Waals surface area contributed by atoms with Gasteiger partial charge in [-0.05, 0) is 43.9 Å². The van der Waals surface area contributed by atoms with Gasteiger partial charge in [-0.15, -0.1) is 0 Å². The lowest BCUT2D eigenvalue weighted by Crippen LogP contribution is -2.34. The molecule has 0 amide bonds. The fourth-order valence-electron chi connectivity index (χ4n) is 3.07. The largest absolute Gasteiger partial charge is 0.490 e. The van der Waals surface area contributed by atoms with Crippen LogP contribution >= 0.6 is 0 Å². The first-order valence-corrected chi connectivity index (χ1v) is 9.19. The monoisotopic (exact) mass is 345 g/mol. The van der Waals surface area contributed by atoms with E-state index >= 15 is 0 Å². The Bertz CT molecular complexity index is 693. The van der Waals surface area contributed by atoms with Gasteiger partial charge in [0.2, 0.25) is 0 Å². The Morgan fingerprint density at radius 1 is 1.08 bits per heavy atom. The van der Waals surface area contributed by atoms with Gasteiger partial charge in [0.25, 0.3) is 5.89 Å². The van der Waals surface area contributed by atoms with Crippen molar-refractivity contribution >= 4 is 0 Å². The predicted molar refractivity (Wildman–Crippen MR) is 95.6 cm³/mol. The van der Waals surface area contributed by atoms with Crippen molar-refractivity contribution in [3.63, 3.8) is 0 Å². The molecule has 1 heterocycles. The van der Waals surface area contributed by atoms with Crippen LogP contribution in [-0.2, 0) is 5.54 Å². The summed E-state index contributed by atoms with van der Waals surface area (Å²) < 4.78 is 17.1. The minimum Gasteiger partial charge on any atom is -0.490 e. The van der Waals surface area contributed by atoms with Crippen molar-refractivity contribution in [2.75, 3.05) is 13.2 Å². The highest BCUT2D eigenvalue weighted by molar-refractivity contribution is 5.59. The molecule has 1 aliphatic carbocycles. The van der Waals surface area contributed by atoms with E-state index in [-0.39, 0.29) is 0 Å². The van der Waals surface area contributed by atoms with Crippen molar-refractivity contribution in [1.29, 1.82) is 0 Å². The fraction of sp³-hybridized carbons (Fsp3) is 0.579. The van der Waals surface area contributed by atoms with Crippen molar-refractivity contribution in [3.8, 4) is 23.0 Å². The summed E-state index contributed by atoms with van der Waals surface area (Å²) in [4.78, 5) is 4.55. The van der Waals surface area contributed by atoms with E-state index in [4.69, 9.17) is 19.7 Å². The normalized spacial score (nSPS) is 16.1. The maximum atomic E-state index is 6.42. The SMILES string of the molecule is CCCOc1ccc(-c2nc(C3(N)CCCC3)no2)cc1OCCC. The second kappa shape index (κ2) is 7.87. The summed E-state index contributed by atoms with van der Waals surface area (Å²) in [6.07, 6.45) is 5.90. The Morgan fingerprint density at radius 2 is 1.76 bits per heavy atom. The van der Waals surface area contributed by atoms with E-state index in [0.29, 0.717) is 30.7 Å². The van der Waals surface area contributed by atoms with Gasteiger partial charge in [-0.2, -0.15) is 4.98 Å². The lowest BCUT2D eigenvalue weighted by atomic mass is 9.99. The van der Waals surface area contributed by atoms with Crippen LogP contribution in [0.25, 0.3) is 11.5 Å². The first-order chi connectivity index (χ1) is 12.2. The highest BCUT2D eigenvalue weighted by Gasteiger charge is 2.36. The minimum atomic E-state index is -0.451. The van der Waals surface area contributed by atoms with Crippen LogP contribution in [0.3, 0.4) is 0 Å². The van der Waals surface area contributed by atoms with E-state index < -0.39 is 5.54 Å². The van der Waals surface area contributed by atoms with Crippen molar-refractivity contribution in [2.45, 2.75) is 57.9 Å². The Labute approximate surface area is 148 Å². The van der Waals surface area contributed by atoms with E-state index in [2.05, 4.69) is 24.0 Å². The highest BCUT2D eigenvalue weighted by Crippen LogP contribution is 2.37. The van der Waals surface area contributed by atoms with Crippen LogP contribution in [0.4, 0.5) is 0 Å². The number of hydrogen-bond donors (Lipinski definition) is 1. The van der Waals surface area contributed by atoms with E-state index in [1.54, 1.807) is 0 Å². The zero-order chi connectivity index (χ0) is 17.7. The van der Waals surface area contributed by atoms with Gasteiger partial charge in [0.05, 0.1) is 18.8 Å². The Morgan fingerprint density at radius 3 is 2.44 bits per heavy atom. The summed E-state index contributed by atoms with van der Waals surface area (Å²) in [7, 11) is 0. The molecule has 0 bridgehead atoms. The fourth-order valence-corrected chi connectivity index (χ4v) is 3.07. The Kier molecular flexibility index (Phi) is 5.58. The molecule has 6 nitrogen and oxygen atoms in total. The van der Waals surface area contributed by atoms with Crippen molar-refractivity contribution in [2.24, 2.45) is 5.73 Å². The standard InChI is InChI=1S/C19H27N3O3/c1-3-11-23-15-8-7-14(13-16(15)24-12-4-2)17-21-18(22-25-17)19(20)9-5-6-10-19/h7-8,13H,3-6,9-12,20H2,1-2H3. The summed E-state index contributed by atoms with van der Waals surface area (Å²) >= 11 is 0. The quantitative estimate of drug-likeness (QED) is 0.777. The molecule has 3 rings (SSSR count). The third-order valence-electron chi connectivity index (χ3n) is 4.48. The van der Waals surface area contributed by atoms with E-state index in [0.717, 1.165) is 49.8 Å². The van der Waals surface area contributed by atoms with Crippen molar-refractivity contribution in [1.82, 2.24) is 10.1 Å². The molecule has 0 spiro atoms. The molecule has 0 aliphatic heterocycles. The highest BCUT2D eigenvalue weighted by atomic mass is 16.5. The van der Waals surface area contributed by atoms with E-state index in [1.165, 1.54) is 0 Å². The molecule has 2 aromatic rings. The maximum Gasteiger partial charge on any atom is 0.258 e. The van der Waals surface area contributed by atoms with Gasteiger partial charge in [-0.1, -0.05) is 31.8 Å². The second-order valence-electron chi connectivity index (χ2n) is 6.64. The summed E-state index contributed by atoms with van der Waals surface area (Å²) in [6.45, 7) is 5.44. The first-order valence-electron chi connectivity index (χ1n) is 9.19. The van der Waals surface area contributed by atoms with Gasteiger partial charge in [0.1, 0.15) is 0 Å². The van der Waals surface area contributed by atoms with E-state index in [9.17, 15) is 0 Å². The van der Waals surface area contributed by atoms with Crippen molar-refractivity contribution < 1.29 is 14.0 Å². The predicted octanol–water partition coefficient (Wildman–Crippen LogP) is 4.04. The molecule has 1 fully saturated rings. The topological polar surface area (TPSA) is 83.4 Å². The van der Waals surface area contributed by atoms with Gasteiger partial charge in [0.15, 0.2) is 17.3 Å². The van der Waals surface area contributed by atoms with Crippen molar-refractivity contribution in [3.05, 3.63) is 24.0 Å². The number of hydrogen-bond acceptors (Lipinski definition) is 6. The molecular weight excluding hydrogens is 318 g/mol. The van der Waals surface area contributed by atoms with Gasteiger partial charge in [-0.25, -0.2) is 0 Å². The average molecular weight is 345 g/mol. The summed E-state index contributed by atoms with van der Waals surface area (Å²) in [5, 5.41) is 4.13. The van der Waals surface area contributed by atoms with Gasteiger partial charge in [-0.3, -0.25) is 0 Å². The Hall–Kier alpha value is -2.08. The molecule has 0 atom stereocenters. The molecule has 1 aromatic heterocycles. The number of nitrogens with two attached hydrogens (primary N) is 1. The maximum absolute atomic E-state index is 6.42. The lowest BCUT2D eigenvalue weighted by Gasteiger charge is -2.17. The Balaban J connectivity index is 1.85. The lowest BCUT2D eigenvalue weighted by molar-refractivity contribution is 0.268. The molecule has 1 aliphatic rings. The zero-order valence-electron chi connectivity index (χ0n) is 15.1. The molecule has 6 heteroatoms. The second-order valence-corrected chi connectivity index (χ2v) is 6.64. The van der Waals surface area contributed by atoms with Crippen LogP contribution in [0.2, 0.25) is 0 Å². The number of rotatable bonds is 8. The number of aromatic nitrogens is 2. The smallest absolute Gasteiger partial charge is 0.258 e. The molecule has 0 unspecified atom stereocenters. The molecule has 1 aromatic carbocycles. The van der Waals surface area contributed by atoms with Crippen LogP contribution < -0.4 is 15.2 Å². The number of nitrogens with zero attached hydrogens (tertiary/aromatic N) is 2. The molecule has 25 heavy (non-hydrogen) atoms. The molecular formula is C19H27N3O3. The van der Waals surface area contributed by atoms with Crippen LogP contribution in [0.15, 0.2) is 22.7 Å². The molecule has 1 saturated carbocycles. The zero-order valence-corrected chi connectivity index (χ0v) is 15.1. The summed E-state index contributed by atoms with van der Waals surface area (Å²) in [5.74, 6) is 2.51. The van der Waals surface area contributed by atoms with Crippen LogP contribution in [0.1, 0.15) is 58.2 Å². The van der Waals surface area contributed by atoms with Gasteiger partial charge in [0, 0.05) is 5.56 Å². The molecule has 0 radical (unpaired) electrons. The van der Waals surface area contributed by atoms with Gasteiger partial charge < -0.3 is 19.7 Å². The van der Waals surface area contributed by atoms with Crippen LogP contribution in [0.5, 0.6) is 11.5 Å². The average Bonchev–Trinajstić information content (AvgIpc) is 3.28. The number of ether oxygens (including phenoxy) is 2. The van der Waals surface area contributed by atoms with E-state index in [1.807, 2.05) is 18.2 Å². The third kappa shape index (κ3) is 3.95.